The van der Waals surface area contributed by atoms with Gasteiger partial charge in [0.25, 0.3) is 5.91 Å². The molecular formula is C19H19N5O5. The molecule has 2 aromatic carbocycles. The zero-order chi connectivity index (χ0) is 20.8. The number of ether oxygens (including phenoxy) is 3. The van der Waals surface area contributed by atoms with Gasteiger partial charge in [-0.3, -0.25) is 9.59 Å². The van der Waals surface area contributed by atoms with Crippen LogP contribution in [0.2, 0.25) is 0 Å². The van der Waals surface area contributed by atoms with E-state index in [1.165, 1.54) is 32.0 Å². The summed E-state index contributed by atoms with van der Waals surface area (Å²) in [6.07, 6.45) is 1.42. The van der Waals surface area contributed by atoms with Crippen molar-refractivity contribution >= 4 is 29.1 Å². The molecule has 0 unspecified atom stereocenters. The number of carbonyl (C=O) groups excluding carboxylic acids is 2. The van der Waals surface area contributed by atoms with Crippen LogP contribution >= 0.6 is 0 Å². The molecule has 10 nitrogen and oxygen atoms in total. The fraction of sp³-hybridized carbons (Fsp3) is 0.211. The number of hydrazone groups is 1. The smallest absolute Gasteiger partial charge is 0.308 e. The summed E-state index contributed by atoms with van der Waals surface area (Å²) >= 11 is 0. The summed E-state index contributed by atoms with van der Waals surface area (Å²) in [6.45, 7) is 1.25. The van der Waals surface area contributed by atoms with Gasteiger partial charge in [0.1, 0.15) is 12.1 Å². The summed E-state index contributed by atoms with van der Waals surface area (Å²) in [5.41, 5.74) is 4.46. The largest absolute Gasteiger partial charge is 0.493 e. The third-order valence-corrected chi connectivity index (χ3v) is 3.85. The monoisotopic (exact) mass is 397 g/mol. The van der Waals surface area contributed by atoms with Crippen molar-refractivity contribution in [1.82, 2.24) is 20.4 Å². The molecule has 1 aromatic heterocycles. The summed E-state index contributed by atoms with van der Waals surface area (Å²) in [5.74, 6) is -0.118. The normalized spacial score (nSPS) is 10.9. The molecule has 1 N–H and O–H groups in total. The average molecular weight is 397 g/mol. The van der Waals surface area contributed by atoms with Crippen LogP contribution in [0.15, 0.2) is 41.5 Å². The van der Waals surface area contributed by atoms with Crippen LogP contribution in [0.25, 0.3) is 11.0 Å². The van der Waals surface area contributed by atoms with Crippen molar-refractivity contribution in [3.63, 3.8) is 0 Å². The van der Waals surface area contributed by atoms with Gasteiger partial charge in [-0.1, -0.05) is 17.3 Å². The van der Waals surface area contributed by atoms with Crippen LogP contribution in [0.1, 0.15) is 12.5 Å². The number of aromatic nitrogens is 3. The number of esters is 1. The van der Waals surface area contributed by atoms with E-state index in [1.807, 2.05) is 24.3 Å². The van der Waals surface area contributed by atoms with E-state index in [1.54, 1.807) is 12.1 Å². The number of methoxy groups -OCH3 is 2. The molecule has 0 fully saturated rings. The van der Waals surface area contributed by atoms with Gasteiger partial charge < -0.3 is 14.2 Å². The van der Waals surface area contributed by atoms with Gasteiger partial charge in [0.15, 0.2) is 11.5 Å². The maximum atomic E-state index is 12.1. The van der Waals surface area contributed by atoms with Crippen molar-refractivity contribution in [2.45, 2.75) is 13.5 Å². The first-order valence-corrected chi connectivity index (χ1v) is 8.56. The highest BCUT2D eigenvalue weighted by molar-refractivity contribution is 5.85. The Morgan fingerprint density at radius 1 is 1.17 bits per heavy atom. The molecule has 0 saturated carbocycles. The minimum absolute atomic E-state index is 0.0319. The Hall–Kier alpha value is -3.95. The molecule has 0 saturated heterocycles. The predicted molar refractivity (Wildman–Crippen MR) is 104 cm³/mol. The molecule has 3 aromatic rings. The Bertz CT molecular complexity index is 1050. The zero-order valence-electron chi connectivity index (χ0n) is 16.1. The quantitative estimate of drug-likeness (QED) is 0.278. The van der Waals surface area contributed by atoms with Gasteiger partial charge in [-0.2, -0.15) is 5.10 Å². The molecule has 150 valence electrons. The van der Waals surface area contributed by atoms with Crippen LogP contribution in [0, 0.1) is 0 Å². The highest BCUT2D eigenvalue weighted by Gasteiger charge is 2.15. The van der Waals surface area contributed by atoms with E-state index >= 15 is 0 Å². The molecule has 0 aliphatic rings. The Morgan fingerprint density at radius 2 is 1.86 bits per heavy atom. The topological polar surface area (TPSA) is 117 Å². The summed E-state index contributed by atoms with van der Waals surface area (Å²) in [5, 5.41) is 11.9. The first kappa shape index (κ1) is 19.8. The van der Waals surface area contributed by atoms with Crippen LogP contribution in [0.3, 0.4) is 0 Å². The van der Waals surface area contributed by atoms with Crippen molar-refractivity contribution in [3.05, 3.63) is 42.0 Å². The lowest BCUT2D eigenvalue weighted by Gasteiger charge is -2.13. The van der Waals surface area contributed by atoms with Crippen LogP contribution in [0.4, 0.5) is 0 Å². The summed E-state index contributed by atoms with van der Waals surface area (Å²) in [6, 6.07) is 10.5. The molecule has 3 rings (SSSR count). The third-order valence-electron chi connectivity index (χ3n) is 3.85. The first-order chi connectivity index (χ1) is 14.0. The lowest BCUT2D eigenvalue weighted by molar-refractivity contribution is -0.132. The molecule has 1 amide bonds. The Labute approximate surface area is 166 Å². The van der Waals surface area contributed by atoms with E-state index in [0.717, 1.165) is 5.52 Å². The van der Waals surface area contributed by atoms with Gasteiger partial charge in [-0.05, 0) is 24.3 Å². The van der Waals surface area contributed by atoms with Gasteiger partial charge in [0, 0.05) is 12.5 Å². The van der Waals surface area contributed by atoms with E-state index in [0.29, 0.717) is 22.6 Å². The number of para-hydroxylation sites is 1. The van der Waals surface area contributed by atoms with Gasteiger partial charge in [0.05, 0.1) is 26.0 Å². The Kier molecular flexibility index (Phi) is 6.03. The van der Waals surface area contributed by atoms with Crippen molar-refractivity contribution < 1.29 is 23.8 Å². The lowest BCUT2D eigenvalue weighted by atomic mass is 10.2. The Balaban J connectivity index is 1.70. The fourth-order valence-electron chi connectivity index (χ4n) is 2.60. The maximum Gasteiger partial charge on any atom is 0.308 e. The number of hydrogen-bond donors (Lipinski definition) is 1. The molecule has 0 spiro atoms. The molecular weight excluding hydrogens is 378 g/mol. The van der Waals surface area contributed by atoms with Gasteiger partial charge in [-0.25, -0.2) is 10.1 Å². The van der Waals surface area contributed by atoms with Crippen molar-refractivity contribution in [2.75, 3.05) is 14.2 Å². The maximum absolute atomic E-state index is 12.1. The zero-order valence-corrected chi connectivity index (χ0v) is 16.1. The van der Waals surface area contributed by atoms with E-state index in [4.69, 9.17) is 14.2 Å². The summed E-state index contributed by atoms with van der Waals surface area (Å²) in [7, 11) is 2.87. The molecule has 0 atom stereocenters. The number of amides is 1. The average Bonchev–Trinajstić information content (AvgIpc) is 3.11. The minimum atomic E-state index is -0.504. The number of nitrogens with one attached hydrogen (secondary N) is 1. The molecule has 0 radical (unpaired) electrons. The number of carbonyl (C=O) groups is 2. The van der Waals surface area contributed by atoms with Gasteiger partial charge >= 0.3 is 5.97 Å². The molecule has 0 aliphatic carbocycles. The molecule has 0 aliphatic heterocycles. The van der Waals surface area contributed by atoms with E-state index in [-0.39, 0.29) is 18.2 Å². The second-order valence-corrected chi connectivity index (χ2v) is 5.88. The summed E-state index contributed by atoms with van der Waals surface area (Å²) < 4.78 is 17.1. The number of rotatable bonds is 7. The van der Waals surface area contributed by atoms with Gasteiger partial charge in [0.2, 0.25) is 5.75 Å². The van der Waals surface area contributed by atoms with Crippen LogP contribution in [0.5, 0.6) is 17.2 Å². The molecule has 0 bridgehead atoms. The number of nitrogens with zero attached hydrogens (tertiary/aromatic N) is 4. The minimum Gasteiger partial charge on any atom is -0.493 e. The van der Waals surface area contributed by atoms with Crippen molar-refractivity contribution in [2.24, 2.45) is 5.10 Å². The molecule has 10 heteroatoms. The first-order valence-electron chi connectivity index (χ1n) is 8.56. The second kappa shape index (κ2) is 8.83. The van der Waals surface area contributed by atoms with E-state index < -0.39 is 5.97 Å². The number of fused-ring (bicyclic) bond motifs is 1. The van der Waals surface area contributed by atoms with Crippen molar-refractivity contribution in [3.8, 4) is 17.2 Å². The lowest BCUT2D eigenvalue weighted by Crippen LogP contribution is -2.23. The second-order valence-electron chi connectivity index (χ2n) is 5.88. The van der Waals surface area contributed by atoms with E-state index in [9.17, 15) is 9.59 Å². The number of benzene rings is 2. The van der Waals surface area contributed by atoms with E-state index in [2.05, 4.69) is 20.8 Å². The predicted octanol–water partition coefficient (Wildman–Crippen LogP) is 1.52. The van der Waals surface area contributed by atoms with Crippen LogP contribution in [-0.2, 0) is 16.1 Å². The highest BCUT2D eigenvalue weighted by atomic mass is 16.6. The Morgan fingerprint density at radius 3 is 2.52 bits per heavy atom. The van der Waals surface area contributed by atoms with Crippen molar-refractivity contribution in [1.29, 1.82) is 0 Å². The van der Waals surface area contributed by atoms with Crippen LogP contribution in [-0.4, -0.2) is 47.3 Å². The van der Waals surface area contributed by atoms with Gasteiger partial charge in [-0.15, -0.1) is 5.10 Å². The number of hydrogen-bond acceptors (Lipinski definition) is 8. The molecule has 29 heavy (non-hydrogen) atoms. The van der Waals surface area contributed by atoms with Crippen LogP contribution < -0.4 is 19.6 Å². The SMILES string of the molecule is COc1cc(/C=N\NC(=O)Cn2nnc3ccccc32)cc(OC)c1OC(C)=O. The summed E-state index contributed by atoms with van der Waals surface area (Å²) in [4.78, 5) is 23.4. The molecule has 1 heterocycles. The standard InChI is InChI=1S/C19H19N5O5/c1-12(25)29-19-16(27-2)8-13(9-17(19)28-3)10-20-22-18(26)11-24-15-7-5-4-6-14(15)21-23-24/h4-10H,11H2,1-3H3,(H,22,26)/b20-10-. The highest BCUT2D eigenvalue weighted by Crippen LogP contribution is 2.38. The third kappa shape index (κ3) is 4.67. The fourth-order valence-corrected chi connectivity index (χ4v) is 2.60.